The zero-order valence-corrected chi connectivity index (χ0v) is 14.0. The molecule has 8 heteroatoms. The molecule has 6 nitrogen and oxygen atoms in total. The highest BCUT2D eigenvalue weighted by Crippen LogP contribution is 2.27. The highest BCUT2D eigenvalue weighted by atomic mass is 32.1. The maximum absolute atomic E-state index is 13.8. The molecule has 0 aliphatic carbocycles. The van der Waals surface area contributed by atoms with Gasteiger partial charge < -0.3 is 5.32 Å². The molecule has 26 heavy (non-hydrogen) atoms. The van der Waals surface area contributed by atoms with Crippen LogP contribution in [0.25, 0.3) is 16.8 Å². The molecule has 0 aliphatic heterocycles. The number of rotatable bonds is 5. The quantitative estimate of drug-likeness (QED) is 0.396. The molecule has 0 radical (unpaired) electrons. The molecule has 2 aromatic carbocycles. The van der Waals surface area contributed by atoms with E-state index >= 15 is 0 Å². The summed E-state index contributed by atoms with van der Waals surface area (Å²) in [6.45, 7) is 0. The molecule has 128 valence electrons. The lowest BCUT2D eigenvalue weighted by Crippen LogP contribution is -1.96. The topological polar surface area (TPSA) is 91.8 Å². The van der Waals surface area contributed by atoms with E-state index in [9.17, 15) is 19.8 Å². The van der Waals surface area contributed by atoms with E-state index in [-0.39, 0.29) is 16.9 Å². The van der Waals surface area contributed by atoms with Crippen molar-refractivity contribution < 1.29 is 9.31 Å². The average molecular weight is 366 g/mol. The fraction of sp³-hybridized carbons (Fsp3) is 0. The van der Waals surface area contributed by atoms with Crippen LogP contribution in [0, 0.1) is 27.3 Å². The van der Waals surface area contributed by atoms with Crippen LogP contribution in [-0.2, 0) is 0 Å². The van der Waals surface area contributed by atoms with Crippen molar-refractivity contribution in [1.82, 2.24) is 4.98 Å². The van der Waals surface area contributed by atoms with Gasteiger partial charge in [0.05, 0.1) is 16.3 Å². The first-order valence-corrected chi connectivity index (χ1v) is 8.28. The summed E-state index contributed by atoms with van der Waals surface area (Å²) in [5, 5.41) is 25.0. The highest BCUT2D eigenvalue weighted by Gasteiger charge is 2.12. The van der Waals surface area contributed by atoms with Crippen LogP contribution in [0.1, 0.15) is 5.01 Å². The van der Waals surface area contributed by atoms with E-state index in [1.54, 1.807) is 0 Å². The number of hydrogen-bond donors (Lipinski definition) is 1. The van der Waals surface area contributed by atoms with Crippen molar-refractivity contribution in [2.75, 3.05) is 5.32 Å². The van der Waals surface area contributed by atoms with Crippen LogP contribution in [0.4, 0.5) is 15.8 Å². The second-order valence-electron chi connectivity index (χ2n) is 5.14. The van der Waals surface area contributed by atoms with Gasteiger partial charge in [0, 0.05) is 29.3 Å². The number of aromatic nitrogens is 1. The second-order valence-corrected chi connectivity index (χ2v) is 6.00. The monoisotopic (exact) mass is 366 g/mol. The first-order chi connectivity index (χ1) is 12.6. The SMILES string of the molecule is N#C/C(=C/Nc1cc([N+](=O)[O-])ccc1F)c1nc(-c2ccccc2)cs1. The van der Waals surface area contributed by atoms with Gasteiger partial charge in [0.2, 0.25) is 0 Å². The Balaban J connectivity index is 1.86. The van der Waals surface area contributed by atoms with Crippen molar-refractivity contribution in [1.29, 1.82) is 5.26 Å². The normalized spacial score (nSPS) is 11.0. The summed E-state index contributed by atoms with van der Waals surface area (Å²) in [7, 11) is 0. The van der Waals surface area contributed by atoms with Crippen LogP contribution in [0.3, 0.4) is 0 Å². The molecule has 0 bridgehead atoms. The smallest absolute Gasteiger partial charge is 0.271 e. The number of nitriles is 1. The van der Waals surface area contributed by atoms with Gasteiger partial charge in [-0.1, -0.05) is 30.3 Å². The predicted molar refractivity (Wildman–Crippen MR) is 97.8 cm³/mol. The molecule has 0 spiro atoms. The maximum atomic E-state index is 13.8. The Morgan fingerprint density at radius 1 is 1.31 bits per heavy atom. The molecule has 0 fully saturated rings. The van der Waals surface area contributed by atoms with Gasteiger partial charge in [-0.15, -0.1) is 11.3 Å². The Labute approximate surface area is 152 Å². The predicted octanol–water partition coefficient (Wildman–Crippen LogP) is 4.83. The van der Waals surface area contributed by atoms with E-state index < -0.39 is 10.7 Å². The number of halogens is 1. The highest BCUT2D eigenvalue weighted by molar-refractivity contribution is 7.11. The van der Waals surface area contributed by atoms with E-state index in [0.29, 0.717) is 5.01 Å². The van der Waals surface area contributed by atoms with E-state index in [0.717, 1.165) is 29.5 Å². The van der Waals surface area contributed by atoms with Gasteiger partial charge in [-0.3, -0.25) is 10.1 Å². The van der Waals surface area contributed by atoms with Gasteiger partial charge in [-0.2, -0.15) is 5.26 Å². The summed E-state index contributed by atoms with van der Waals surface area (Å²) in [6, 6.07) is 14.6. The number of anilines is 1. The maximum Gasteiger partial charge on any atom is 0.271 e. The van der Waals surface area contributed by atoms with Crippen LogP contribution >= 0.6 is 11.3 Å². The van der Waals surface area contributed by atoms with Gasteiger partial charge in [-0.05, 0) is 6.07 Å². The molecular formula is C18H11FN4O2S. The molecule has 0 saturated carbocycles. The number of nitrogens with one attached hydrogen (secondary N) is 1. The molecule has 0 aliphatic rings. The average Bonchev–Trinajstić information content (AvgIpc) is 3.14. The van der Waals surface area contributed by atoms with Gasteiger partial charge in [0.1, 0.15) is 22.5 Å². The van der Waals surface area contributed by atoms with E-state index in [4.69, 9.17) is 0 Å². The van der Waals surface area contributed by atoms with E-state index in [1.807, 2.05) is 41.8 Å². The summed E-state index contributed by atoms with van der Waals surface area (Å²) in [5.74, 6) is -0.659. The fourth-order valence-electron chi connectivity index (χ4n) is 2.17. The van der Waals surface area contributed by atoms with Crippen LogP contribution in [-0.4, -0.2) is 9.91 Å². The third-order valence-corrected chi connectivity index (χ3v) is 4.33. The van der Waals surface area contributed by atoms with Crippen molar-refractivity contribution >= 4 is 28.3 Å². The number of thiazole rings is 1. The second kappa shape index (κ2) is 7.55. The lowest BCUT2D eigenvalue weighted by molar-refractivity contribution is -0.384. The molecule has 0 amide bonds. The summed E-state index contributed by atoms with van der Waals surface area (Å²) in [4.78, 5) is 14.6. The summed E-state index contributed by atoms with van der Waals surface area (Å²) in [5.41, 5.74) is 1.51. The summed E-state index contributed by atoms with van der Waals surface area (Å²) in [6.07, 6.45) is 1.29. The molecule has 0 atom stereocenters. The molecule has 0 unspecified atom stereocenters. The standard InChI is InChI=1S/C18H11FN4O2S/c19-15-7-6-14(23(24)25)8-16(15)21-10-13(9-20)18-22-17(11-26-18)12-4-2-1-3-5-12/h1-8,10-11,21H/b13-10-. The zero-order valence-electron chi connectivity index (χ0n) is 13.2. The number of nitro benzene ring substituents is 1. The van der Waals surface area contributed by atoms with Gasteiger partial charge in [0.15, 0.2) is 0 Å². The number of hydrogen-bond acceptors (Lipinski definition) is 6. The van der Waals surface area contributed by atoms with Gasteiger partial charge >= 0.3 is 0 Å². The molecule has 1 heterocycles. The minimum atomic E-state index is -0.659. The lowest BCUT2D eigenvalue weighted by Gasteiger charge is -2.03. The number of non-ortho nitro benzene ring substituents is 1. The molecule has 3 aromatic rings. The molecule has 3 rings (SSSR count). The van der Waals surface area contributed by atoms with Crippen molar-refractivity contribution in [3.05, 3.63) is 81.1 Å². The van der Waals surface area contributed by atoms with E-state index in [1.165, 1.54) is 17.5 Å². The molecule has 1 N–H and O–H groups in total. The third kappa shape index (κ3) is 3.74. The van der Waals surface area contributed by atoms with E-state index in [2.05, 4.69) is 10.3 Å². The summed E-state index contributed by atoms with van der Waals surface area (Å²) < 4.78 is 13.8. The first kappa shape index (κ1) is 17.3. The Morgan fingerprint density at radius 3 is 2.77 bits per heavy atom. The van der Waals surface area contributed by atoms with Crippen molar-refractivity contribution in [2.24, 2.45) is 0 Å². The van der Waals surface area contributed by atoms with Crippen molar-refractivity contribution in [2.45, 2.75) is 0 Å². The molecule has 1 aromatic heterocycles. The Hall–Kier alpha value is -3.57. The summed E-state index contributed by atoms with van der Waals surface area (Å²) >= 11 is 1.28. The van der Waals surface area contributed by atoms with Crippen LogP contribution in [0.2, 0.25) is 0 Å². The van der Waals surface area contributed by atoms with Crippen molar-refractivity contribution in [3.8, 4) is 17.3 Å². The first-order valence-electron chi connectivity index (χ1n) is 7.40. The largest absolute Gasteiger partial charge is 0.358 e. The zero-order chi connectivity index (χ0) is 18.5. The fourth-order valence-corrected chi connectivity index (χ4v) is 2.96. The molecule has 0 saturated heterocycles. The Morgan fingerprint density at radius 2 is 2.08 bits per heavy atom. The lowest BCUT2D eigenvalue weighted by atomic mass is 10.2. The van der Waals surface area contributed by atoms with Crippen LogP contribution < -0.4 is 5.32 Å². The van der Waals surface area contributed by atoms with Gasteiger partial charge in [0.25, 0.3) is 5.69 Å². The number of nitrogens with zero attached hydrogens (tertiary/aromatic N) is 3. The minimum absolute atomic E-state index is 0.0909. The minimum Gasteiger partial charge on any atom is -0.358 e. The van der Waals surface area contributed by atoms with Crippen LogP contribution in [0.15, 0.2) is 60.1 Å². The number of nitro groups is 1. The third-order valence-electron chi connectivity index (χ3n) is 3.46. The number of allylic oxidation sites excluding steroid dienone is 1. The van der Waals surface area contributed by atoms with Crippen LogP contribution in [0.5, 0.6) is 0 Å². The number of benzene rings is 2. The Bertz CT molecular complexity index is 1030. The van der Waals surface area contributed by atoms with Gasteiger partial charge in [-0.25, -0.2) is 9.37 Å². The molecular weight excluding hydrogens is 355 g/mol. The Kier molecular flexibility index (Phi) is 5.01. The van der Waals surface area contributed by atoms with Crippen molar-refractivity contribution in [3.63, 3.8) is 0 Å².